The van der Waals surface area contributed by atoms with Gasteiger partial charge in [-0.15, -0.1) is 0 Å². The summed E-state index contributed by atoms with van der Waals surface area (Å²) in [4.78, 5) is 5.27. The molecular weight excluding hydrogens is 622 g/mol. The largest absolute Gasteiger partial charge is 0.435 e. The second kappa shape index (κ2) is 11.1. The van der Waals surface area contributed by atoms with Crippen molar-refractivity contribution in [3.63, 3.8) is 0 Å². The minimum atomic E-state index is -4.92. The van der Waals surface area contributed by atoms with Gasteiger partial charge in [-0.3, -0.25) is 0 Å². The maximum absolute atomic E-state index is 14.3. The van der Waals surface area contributed by atoms with E-state index < -0.39 is 49.4 Å². The number of halogens is 8. The monoisotopic (exact) mass is 640 g/mol. The van der Waals surface area contributed by atoms with Crippen LogP contribution >= 0.6 is 46.4 Å². The summed E-state index contributed by atoms with van der Waals surface area (Å²) in [5.41, 5.74) is -1.58. The van der Waals surface area contributed by atoms with Gasteiger partial charge < -0.3 is 4.84 Å². The van der Waals surface area contributed by atoms with Gasteiger partial charge in [-0.05, 0) is 53.9 Å². The van der Waals surface area contributed by atoms with Crippen molar-refractivity contribution in [3.8, 4) is 0 Å². The fraction of sp³-hybridized carbons (Fsp3) is 0.269. The molecule has 1 aliphatic heterocycles. The van der Waals surface area contributed by atoms with E-state index in [9.17, 15) is 21.8 Å². The lowest BCUT2D eigenvalue weighted by Gasteiger charge is -2.29. The molecule has 0 saturated heterocycles. The van der Waals surface area contributed by atoms with Crippen LogP contribution in [0.3, 0.4) is 0 Å². The molecule has 2 unspecified atom stereocenters. The van der Waals surface area contributed by atoms with Crippen LogP contribution < -0.4 is 0 Å². The number of hydrogen-bond donors (Lipinski definition) is 0. The Hall–Kier alpha value is -2.04. The molecule has 0 bridgehead atoms. The molecule has 0 amide bonds. The van der Waals surface area contributed by atoms with E-state index in [0.717, 1.165) is 12.1 Å². The number of hydrogen-bond acceptors (Lipinski definition) is 4. The first-order valence-corrected chi connectivity index (χ1v) is 14.6. The Kier molecular flexibility index (Phi) is 8.51. The lowest BCUT2D eigenvalue weighted by atomic mass is 9.86. The van der Waals surface area contributed by atoms with E-state index in [1.54, 1.807) is 50.2 Å². The van der Waals surface area contributed by atoms with E-state index >= 15 is 0 Å². The van der Waals surface area contributed by atoms with Gasteiger partial charge in [0.25, 0.3) is 5.60 Å². The van der Waals surface area contributed by atoms with Gasteiger partial charge in [0.2, 0.25) is 0 Å². The number of aryl methyl sites for hydroxylation is 1. The number of alkyl halides is 3. The van der Waals surface area contributed by atoms with Crippen LogP contribution in [0.25, 0.3) is 0 Å². The van der Waals surface area contributed by atoms with E-state index in [2.05, 4.69) is 9.52 Å². The number of nitrogens with zero attached hydrogens (tertiary/aromatic N) is 2. The molecule has 0 radical (unpaired) electrons. The molecule has 3 aromatic rings. The molecule has 0 saturated carbocycles. The zero-order valence-electron chi connectivity index (χ0n) is 20.4. The van der Waals surface area contributed by atoms with Crippen LogP contribution in [0.5, 0.6) is 0 Å². The summed E-state index contributed by atoms with van der Waals surface area (Å²) >= 11 is 24.1. The minimum Gasteiger partial charge on any atom is -0.374 e. The summed E-state index contributed by atoms with van der Waals surface area (Å²) in [6, 6.07) is 11.4. The van der Waals surface area contributed by atoms with Crippen LogP contribution in [0.4, 0.5) is 17.6 Å². The standard InChI is InChI=1S/C26H20Cl4F4N2O2S/c1-3-39(37,24-18(27)5-4-6-19(24)28)35-13-16-8-7-15(9-14(16)2)22-12-25(38-36-22,26(32,33)34)17-10-20(29)23(31)21(30)11-17/h4-11H,3,12-13H2,1-2H3. The first-order valence-electron chi connectivity index (χ1n) is 11.4. The summed E-state index contributed by atoms with van der Waals surface area (Å²) in [6.07, 6.45) is -5.61. The maximum atomic E-state index is 14.3. The van der Waals surface area contributed by atoms with Crippen LogP contribution in [0.1, 0.15) is 35.6 Å². The van der Waals surface area contributed by atoms with Gasteiger partial charge in [0, 0.05) is 17.7 Å². The highest BCUT2D eigenvalue weighted by atomic mass is 35.5. The molecule has 4 rings (SSSR count). The van der Waals surface area contributed by atoms with Crippen molar-refractivity contribution in [2.45, 2.75) is 43.5 Å². The molecule has 13 heteroatoms. The van der Waals surface area contributed by atoms with Gasteiger partial charge in [-0.25, -0.2) is 13.0 Å². The van der Waals surface area contributed by atoms with E-state index in [-0.39, 0.29) is 33.0 Å². The Morgan fingerprint density at radius 2 is 1.64 bits per heavy atom. The highest BCUT2D eigenvalue weighted by Gasteiger charge is 2.62. The topological polar surface area (TPSA) is 51.0 Å². The first kappa shape index (κ1) is 29.9. The average molecular weight is 642 g/mol. The molecule has 0 N–H and O–H groups in total. The maximum Gasteiger partial charge on any atom is 0.435 e. The second-order valence-corrected chi connectivity index (χ2v) is 12.9. The Morgan fingerprint density at radius 1 is 1.03 bits per heavy atom. The van der Waals surface area contributed by atoms with Gasteiger partial charge in [-0.2, -0.15) is 13.2 Å². The summed E-state index contributed by atoms with van der Waals surface area (Å²) in [7, 11) is -2.94. The number of benzene rings is 3. The fourth-order valence-corrected chi connectivity index (χ4v) is 7.46. The molecule has 0 aromatic heterocycles. The second-order valence-electron chi connectivity index (χ2n) is 8.79. The van der Waals surface area contributed by atoms with Crippen molar-refractivity contribution in [1.82, 2.24) is 0 Å². The van der Waals surface area contributed by atoms with Crippen LogP contribution in [0.2, 0.25) is 20.1 Å². The summed E-state index contributed by atoms with van der Waals surface area (Å²) < 4.78 is 74.8. The van der Waals surface area contributed by atoms with Crippen LogP contribution in [0, 0.1) is 12.7 Å². The molecule has 3 aromatic carbocycles. The zero-order valence-corrected chi connectivity index (χ0v) is 24.2. The third kappa shape index (κ3) is 5.61. The first-order chi connectivity index (χ1) is 18.2. The van der Waals surface area contributed by atoms with Crippen molar-refractivity contribution in [2.24, 2.45) is 9.52 Å². The van der Waals surface area contributed by atoms with E-state index in [1.165, 1.54) is 0 Å². The van der Waals surface area contributed by atoms with Gasteiger partial charge in [-0.1, -0.05) is 76.7 Å². The molecule has 208 valence electrons. The van der Waals surface area contributed by atoms with Crippen molar-refractivity contribution in [2.75, 3.05) is 5.75 Å². The highest BCUT2D eigenvalue weighted by molar-refractivity contribution is 7.93. The molecule has 4 nitrogen and oxygen atoms in total. The summed E-state index contributed by atoms with van der Waals surface area (Å²) in [5, 5.41) is 3.10. The Bertz CT molecular complexity index is 1560. The van der Waals surface area contributed by atoms with E-state index in [0.29, 0.717) is 16.7 Å². The predicted molar refractivity (Wildman–Crippen MR) is 147 cm³/mol. The molecule has 0 spiro atoms. The van der Waals surface area contributed by atoms with Crippen molar-refractivity contribution in [1.29, 1.82) is 0 Å². The fourth-order valence-electron chi connectivity index (χ4n) is 4.16. The van der Waals surface area contributed by atoms with Gasteiger partial charge in [0.15, 0.2) is 5.82 Å². The molecular formula is C26H20Cl4F4N2O2S. The predicted octanol–water partition coefficient (Wildman–Crippen LogP) is 9.38. The lowest BCUT2D eigenvalue weighted by Crippen LogP contribution is -2.42. The third-order valence-electron chi connectivity index (χ3n) is 6.38. The van der Waals surface area contributed by atoms with Gasteiger partial charge in [0.05, 0.1) is 47.0 Å². The Labute approximate surface area is 243 Å². The quantitative estimate of drug-likeness (QED) is 0.199. The molecule has 1 aliphatic rings. The van der Waals surface area contributed by atoms with E-state index in [4.69, 9.17) is 51.2 Å². The van der Waals surface area contributed by atoms with Crippen LogP contribution in [-0.4, -0.2) is 21.8 Å². The van der Waals surface area contributed by atoms with Gasteiger partial charge in [0.1, 0.15) is 0 Å². The summed E-state index contributed by atoms with van der Waals surface area (Å²) in [6.45, 7) is 3.52. The van der Waals surface area contributed by atoms with Gasteiger partial charge >= 0.3 is 6.18 Å². The highest BCUT2D eigenvalue weighted by Crippen LogP contribution is 2.50. The van der Waals surface area contributed by atoms with Crippen molar-refractivity contribution in [3.05, 3.63) is 96.7 Å². The minimum absolute atomic E-state index is 0.0238. The summed E-state index contributed by atoms with van der Waals surface area (Å²) in [5.74, 6) is -0.849. The molecule has 1 heterocycles. The van der Waals surface area contributed by atoms with Crippen LogP contribution in [0.15, 0.2) is 62.9 Å². The smallest absolute Gasteiger partial charge is 0.374 e. The average Bonchev–Trinajstić information content (AvgIpc) is 3.33. The number of rotatable bonds is 6. The zero-order chi connectivity index (χ0) is 28.8. The van der Waals surface area contributed by atoms with Crippen LogP contribution in [-0.2, 0) is 26.7 Å². The normalized spacial score (nSPS) is 18.9. The molecule has 39 heavy (non-hydrogen) atoms. The Morgan fingerprint density at radius 3 is 2.18 bits per heavy atom. The van der Waals surface area contributed by atoms with E-state index in [1.807, 2.05) is 0 Å². The molecule has 2 atom stereocenters. The van der Waals surface area contributed by atoms with Crippen molar-refractivity contribution >= 4 is 61.8 Å². The van der Waals surface area contributed by atoms with Crippen molar-refractivity contribution < 1.29 is 26.6 Å². The third-order valence-corrected chi connectivity index (χ3v) is 10.2. The molecule has 0 aliphatic carbocycles. The number of oxime groups is 1. The SMILES string of the molecule is CCS(=O)(=NCc1ccc(C2=NOC(c3cc(Cl)c(F)c(Cl)c3)(C(F)(F)F)C2)cc1C)c1c(Cl)cccc1Cl. The Balaban J connectivity index is 1.64. The lowest BCUT2D eigenvalue weighted by molar-refractivity contribution is -0.275. The molecule has 0 fully saturated rings.